The molecule has 0 amide bonds. The van der Waals surface area contributed by atoms with Crippen molar-refractivity contribution in [2.24, 2.45) is 0 Å². The molecule has 4 rings (SSSR count). The van der Waals surface area contributed by atoms with Crippen molar-refractivity contribution >= 4 is 23.2 Å². The number of benzene rings is 1. The quantitative estimate of drug-likeness (QED) is 0.448. The molecule has 1 atom stereocenters. The molecule has 0 unspecified atom stereocenters. The molecule has 8 nitrogen and oxygen atoms in total. The molecule has 156 valence electrons. The normalized spacial score (nSPS) is 17.6. The van der Waals surface area contributed by atoms with Crippen LogP contribution in [-0.4, -0.2) is 22.5 Å². The first-order valence-electron chi connectivity index (χ1n) is 10.1. The lowest BCUT2D eigenvalue weighted by Gasteiger charge is -2.32. The number of nitrogen functional groups attached to an aromatic ring is 1. The van der Waals surface area contributed by atoms with Crippen LogP contribution in [0.25, 0.3) is 0 Å². The third kappa shape index (κ3) is 3.28. The van der Waals surface area contributed by atoms with Gasteiger partial charge in [0.1, 0.15) is 5.82 Å². The van der Waals surface area contributed by atoms with Gasteiger partial charge in [0.15, 0.2) is 0 Å². The van der Waals surface area contributed by atoms with E-state index in [4.69, 9.17) is 15.5 Å². The zero-order valence-electron chi connectivity index (χ0n) is 17.0. The maximum absolute atomic E-state index is 12.9. The fourth-order valence-electron chi connectivity index (χ4n) is 4.41. The Bertz CT molecular complexity index is 1080. The molecule has 1 aromatic heterocycles. The fraction of sp³-hybridized carbons (Fsp3) is 0.364. The summed E-state index contributed by atoms with van der Waals surface area (Å²) in [4.78, 5) is 28.7. The lowest BCUT2D eigenvalue weighted by atomic mass is 9.79. The number of fused-ring (bicyclic) bond motifs is 2. The van der Waals surface area contributed by atoms with Crippen LogP contribution in [-0.2, 0) is 22.4 Å². The minimum atomic E-state index is -0.597. The number of hydrogen-bond donors (Lipinski definition) is 2. The Balaban J connectivity index is 1.97. The second-order valence-electron chi connectivity index (χ2n) is 7.59. The van der Waals surface area contributed by atoms with Crippen LogP contribution < -0.4 is 11.1 Å². The minimum absolute atomic E-state index is 0.0436. The topological polar surface area (TPSA) is 120 Å². The summed E-state index contributed by atoms with van der Waals surface area (Å²) in [5.74, 6) is -0.461. The second kappa shape index (κ2) is 7.78. The molecule has 0 spiro atoms. The number of aryl methyl sites for hydroxylation is 1. The van der Waals surface area contributed by atoms with Gasteiger partial charge >= 0.3 is 5.97 Å². The van der Waals surface area contributed by atoms with Gasteiger partial charge < -0.3 is 15.8 Å². The summed E-state index contributed by atoms with van der Waals surface area (Å²) >= 11 is 0. The van der Waals surface area contributed by atoms with E-state index >= 15 is 0 Å². The van der Waals surface area contributed by atoms with Crippen LogP contribution >= 0.6 is 0 Å². The lowest BCUT2D eigenvalue weighted by Crippen LogP contribution is -2.27. The predicted molar refractivity (Wildman–Crippen MR) is 113 cm³/mol. The minimum Gasteiger partial charge on any atom is -0.463 e. The standard InChI is InChI=1S/C22H24N4O4/c1-3-30-22(27)17-12(2)24-21-19(20(23)15-9-4-5-10-16(15)25-21)18(17)13-7-6-8-14(11-13)26(28)29/h6-8,11,18H,3-5,9-10H2,1-2H3,(H3,23,24,25)/t18-/m0/s1. The Labute approximate surface area is 174 Å². The molecule has 0 radical (unpaired) electrons. The summed E-state index contributed by atoms with van der Waals surface area (Å²) in [7, 11) is 0. The van der Waals surface area contributed by atoms with Gasteiger partial charge in [0, 0.05) is 40.7 Å². The van der Waals surface area contributed by atoms with Gasteiger partial charge in [-0.1, -0.05) is 12.1 Å². The second-order valence-corrected chi connectivity index (χ2v) is 7.59. The van der Waals surface area contributed by atoms with Gasteiger partial charge in [0.2, 0.25) is 0 Å². The molecular formula is C22H24N4O4. The number of nitrogens with one attached hydrogen (secondary N) is 1. The number of hydrogen-bond acceptors (Lipinski definition) is 7. The summed E-state index contributed by atoms with van der Waals surface area (Å²) in [6.45, 7) is 3.76. The van der Waals surface area contributed by atoms with Gasteiger partial charge in [-0.2, -0.15) is 0 Å². The first-order valence-corrected chi connectivity index (χ1v) is 10.1. The van der Waals surface area contributed by atoms with Gasteiger partial charge in [-0.15, -0.1) is 0 Å². The van der Waals surface area contributed by atoms with Crippen LogP contribution in [0.15, 0.2) is 35.5 Å². The molecule has 2 heterocycles. The molecule has 3 N–H and O–H groups in total. The van der Waals surface area contributed by atoms with Gasteiger partial charge in [0.25, 0.3) is 5.69 Å². The number of aromatic nitrogens is 1. The first kappa shape index (κ1) is 19.9. The highest BCUT2D eigenvalue weighted by Gasteiger charge is 2.37. The first-order chi connectivity index (χ1) is 14.4. The van der Waals surface area contributed by atoms with Crippen molar-refractivity contribution < 1.29 is 14.5 Å². The number of nitro benzene ring substituents is 1. The molecule has 0 saturated heterocycles. The van der Waals surface area contributed by atoms with E-state index in [1.807, 2.05) is 0 Å². The van der Waals surface area contributed by atoms with E-state index in [0.717, 1.165) is 36.9 Å². The number of ether oxygens (including phenoxy) is 1. The van der Waals surface area contributed by atoms with E-state index in [1.165, 1.54) is 12.1 Å². The maximum Gasteiger partial charge on any atom is 0.336 e. The highest BCUT2D eigenvalue weighted by Crippen LogP contribution is 2.47. The average molecular weight is 408 g/mol. The van der Waals surface area contributed by atoms with Crippen molar-refractivity contribution in [3.63, 3.8) is 0 Å². The lowest BCUT2D eigenvalue weighted by molar-refractivity contribution is -0.384. The maximum atomic E-state index is 12.9. The number of non-ortho nitro benzene ring substituents is 1. The van der Waals surface area contributed by atoms with Gasteiger partial charge in [-0.3, -0.25) is 10.1 Å². The molecule has 0 saturated carbocycles. The van der Waals surface area contributed by atoms with E-state index in [2.05, 4.69) is 5.32 Å². The zero-order chi connectivity index (χ0) is 21.4. The molecule has 8 heteroatoms. The van der Waals surface area contributed by atoms with Crippen LogP contribution in [0.5, 0.6) is 0 Å². The largest absolute Gasteiger partial charge is 0.463 e. The molecule has 1 aromatic carbocycles. The monoisotopic (exact) mass is 408 g/mol. The highest BCUT2D eigenvalue weighted by molar-refractivity contribution is 5.95. The number of allylic oxidation sites excluding steroid dienone is 1. The number of esters is 1. The zero-order valence-corrected chi connectivity index (χ0v) is 17.0. The van der Waals surface area contributed by atoms with Crippen molar-refractivity contribution in [3.8, 4) is 0 Å². The Kier molecular flexibility index (Phi) is 5.15. The summed E-state index contributed by atoms with van der Waals surface area (Å²) in [5, 5.41) is 14.6. The number of carbonyl (C=O) groups is 1. The van der Waals surface area contributed by atoms with E-state index < -0.39 is 16.8 Å². The number of carbonyl (C=O) groups excluding carboxylic acids is 1. The molecule has 1 aliphatic carbocycles. The summed E-state index contributed by atoms with van der Waals surface area (Å²) < 4.78 is 5.32. The Hall–Kier alpha value is -3.42. The number of nitrogens with zero attached hydrogens (tertiary/aromatic N) is 2. The number of nitro groups is 1. The smallest absolute Gasteiger partial charge is 0.336 e. The van der Waals surface area contributed by atoms with Crippen molar-refractivity contribution in [2.75, 3.05) is 17.7 Å². The van der Waals surface area contributed by atoms with Crippen LogP contribution in [0, 0.1) is 10.1 Å². The highest BCUT2D eigenvalue weighted by atomic mass is 16.6. The summed E-state index contributed by atoms with van der Waals surface area (Å²) in [6.07, 6.45) is 3.80. The molecule has 1 aliphatic heterocycles. The fourth-order valence-corrected chi connectivity index (χ4v) is 4.41. The van der Waals surface area contributed by atoms with Crippen LogP contribution in [0.4, 0.5) is 17.2 Å². The van der Waals surface area contributed by atoms with Gasteiger partial charge in [-0.05, 0) is 50.7 Å². The van der Waals surface area contributed by atoms with Crippen molar-refractivity contribution in [1.82, 2.24) is 4.98 Å². The van der Waals surface area contributed by atoms with Crippen LogP contribution in [0.3, 0.4) is 0 Å². The van der Waals surface area contributed by atoms with Crippen molar-refractivity contribution in [2.45, 2.75) is 45.4 Å². The Morgan fingerprint density at radius 3 is 2.87 bits per heavy atom. The van der Waals surface area contributed by atoms with Gasteiger partial charge in [-0.25, -0.2) is 9.78 Å². The third-order valence-corrected chi connectivity index (χ3v) is 5.75. The number of pyridine rings is 1. The van der Waals surface area contributed by atoms with E-state index in [0.29, 0.717) is 33.9 Å². The number of anilines is 2. The Morgan fingerprint density at radius 1 is 1.37 bits per heavy atom. The van der Waals surface area contributed by atoms with Crippen LogP contribution in [0.2, 0.25) is 0 Å². The van der Waals surface area contributed by atoms with Gasteiger partial charge in [0.05, 0.1) is 17.1 Å². The van der Waals surface area contributed by atoms with E-state index in [-0.39, 0.29) is 12.3 Å². The SMILES string of the molecule is CCOC(=O)C1=C(C)Nc2nc3c(c(N)c2[C@H]1c1cccc([N+](=O)[O-])c1)CCCC3. The van der Waals surface area contributed by atoms with Crippen molar-refractivity contribution in [3.05, 3.63) is 68.0 Å². The van der Waals surface area contributed by atoms with Crippen LogP contribution in [0.1, 0.15) is 55.0 Å². The number of nitrogens with two attached hydrogens (primary N) is 1. The van der Waals surface area contributed by atoms with Crippen molar-refractivity contribution in [1.29, 1.82) is 0 Å². The molecule has 2 aliphatic rings. The predicted octanol–water partition coefficient (Wildman–Crippen LogP) is 3.85. The third-order valence-electron chi connectivity index (χ3n) is 5.75. The van der Waals surface area contributed by atoms with E-state index in [1.54, 1.807) is 26.0 Å². The average Bonchev–Trinajstić information content (AvgIpc) is 2.73. The molecule has 30 heavy (non-hydrogen) atoms. The summed E-state index contributed by atoms with van der Waals surface area (Å²) in [6, 6.07) is 6.32. The Morgan fingerprint density at radius 2 is 2.13 bits per heavy atom. The summed E-state index contributed by atoms with van der Waals surface area (Å²) in [5.41, 5.74) is 11.5. The molecule has 0 bridgehead atoms. The molecule has 0 fully saturated rings. The molecular weight excluding hydrogens is 384 g/mol. The molecule has 2 aromatic rings. The van der Waals surface area contributed by atoms with E-state index in [9.17, 15) is 14.9 Å². The number of rotatable bonds is 4.